The maximum absolute atomic E-state index is 12.2. The summed E-state index contributed by atoms with van der Waals surface area (Å²) in [5.41, 5.74) is 6.39. The zero-order valence-corrected chi connectivity index (χ0v) is 33.3. The van der Waals surface area contributed by atoms with Gasteiger partial charge in [-0.1, -0.05) is 48.5 Å². The Hall–Kier alpha value is -5.37. The summed E-state index contributed by atoms with van der Waals surface area (Å²) in [6.07, 6.45) is 6.80. The Kier molecular flexibility index (Phi) is 14.8. The molecule has 0 bridgehead atoms. The molecule has 4 aromatic carbocycles. The van der Waals surface area contributed by atoms with Gasteiger partial charge < -0.3 is 54.1 Å². The zero-order valence-electron chi connectivity index (χ0n) is 33.3. The molecule has 6 aromatic rings. The van der Waals surface area contributed by atoms with Crippen LogP contribution in [0.25, 0.3) is 21.9 Å². The molecule has 0 saturated carbocycles. The summed E-state index contributed by atoms with van der Waals surface area (Å²) in [6.45, 7) is 3.22. The van der Waals surface area contributed by atoms with Gasteiger partial charge >= 0.3 is 0 Å². The highest BCUT2D eigenvalue weighted by molar-refractivity contribution is 6.06. The smallest absolute Gasteiger partial charge is 0.206 e. The minimum Gasteiger partial charge on any atom is -0.508 e. The minimum absolute atomic E-state index is 0.169. The molecule has 4 unspecified atom stereocenters. The Morgan fingerprint density at radius 3 is 1.71 bits per heavy atom. The number of aryl methyl sites for hydroxylation is 3. The van der Waals surface area contributed by atoms with E-state index in [1.165, 1.54) is 73.1 Å². The molecule has 0 radical (unpaired) electrons. The predicted molar refractivity (Wildman–Crippen MR) is 223 cm³/mol. The fourth-order valence-corrected chi connectivity index (χ4v) is 7.54. The van der Waals surface area contributed by atoms with Crippen molar-refractivity contribution in [3.8, 4) is 23.0 Å². The Balaban J connectivity index is 0.000000176. The molecule has 0 saturated heterocycles. The summed E-state index contributed by atoms with van der Waals surface area (Å²) < 4.78 is 27.3. The van der Waals surface area contributed by atoms with Crippen LogP contribution < -0.4 is 25.5 Å². The molecule has 2 heterocycles. The van der Waals surface area contributed by atoms with Gasteiger partial charge in [-0.2, -0.15) is 0 Å². The molecule has 0 amide bonds. The van der Waals surface area contributed by atoms with E-state index in [-0.39, 0.29) is 30.1 Å². The average molecular weight is 795 g/mol. The van der Waals surface area contributed by atoms with E-state index in [9.17, 15) is 15.0 Å². The van der Waals surface area contributed by atoms with E-state index < -0.39 is 12.2 Å². The highest BCUT2D eigenvalue weighted by Crippen LogP contribution is 2.41. The number of aliphatic hydroxyl groups is 2. The third-order valence-electron chi connectivity index (χ3n) is 10.5. The Morgan fingerprint density at radius 1 is 0.707 bits per heavy atom. The summed E-state index contributed by atoms with van der Waals surface area (Å²) in [6, 6.07) is 26.9. The number of aromatic hydroxyl groups is 2. The van der Waals surface area contributed by atoms with Crippen molar-refractivity contribution in [1.82, 2.24) is 10.6 Å². The SMILES string of the molecule is COc1c2occc2c(OC)c2c(=O)cc(C)oc12.OC(CNC1CCc2ccccc2C1)COCC(O)CNC1CCc2ccccc2C1.Oc1ccc(O)cc1. The van der Waals surface area contributed by atoms with E-state index in [1.54, 1.807) is 13.0 Å². The van der Waals surface area contributed by atoms with Crippen LogP contribution in [0.5, 0.6) is 23.0 Å². The van der Waals surface area contributed by atoms with Gasteiger partial charge in [0.25, 0.3) is 0 Å². The van der Waals surface area contributed by atoms with Crippen molar-refractivity contribution in [3.63, 3.8) is 0 Å². The molecule has 6 N–H and O–H groups in total. The van der Waals surface area contributed by atoms with Crippen LogP contribution >= 0.6 is 0 Å². The number of rotatable bonds is 12. The molecule has 2 aliphatic rings. The highest BCUT2D eigenvalue weighted by atomic mass is 16.5. The second kappa shape index (κ2) is 20.4. The maximum Gasteiger partial charge on any atom is 0.206 e. The van der Waals surface area contributed by atoms with Crippen LogP contribution in [0.3, 0.4) is 0 Å². The van der Waals surface area contributed by atoms with E-state index >= 15 is 0 Å². The van der Waals surface area contributed by atoms with Gasteiger partial charge in [0.2, 0.25) is 5.75 Å². The number of furan rings is 1. The van der Waals surface area contributed by atoms with Crippen LogP contribution in [0, 0.1) is 6.92 Å². The molecular weight excluding hydrogens is 741 g/mol. The van der Waals surface area contributed by atoms with Crippen LogP contribution in [0.15, 0.2) is 105 Å². The number of nitrogens with one attached hydrogen (secondary N) is 2. The number of phenolic OH excluding ortho intramolecular Hbond substituents is 2. The maximum atomic E-state index is 12.2. The molecule has 2 aliphatic carbocycles. The molecular formula is C46H54N2O10. The predicted octanol–water partition coefficient (Wildman–Crippen LogP) is 5.98. The molecule has 0 fully saturated rings. The molecule has 12 nitrogen and oxygen atoms in total. The standard InChI is InChI=1S/C26H36N2O3.C14H12O5.C6H6O2/c29-25(15-27-23-11-9-19-5-1-3-7-21(19)13-23)17-31-18-26(30)16-28-24-12-10-20-6-2-4-8-22(20)14-24;1-7-6-9(15)10-11(16-2)8-4-5-18-12(8)14(17-3)13(10)19-7;7-5-1-2-6(8)4-3-5/h1-8,23-30H,9-18H2;4-6H,1-3H3;1-4,7-8H. The van der Waals surface area contributed by atoms with Crippen molar-refractivity contribution in [3.05, 3.63) is 129 Å². The Labute approximate surface area is 338 Å². The van der Waals surface area contributed by atoms with Crippen LogP contribution in [-0.2, 0) is 30.4 Å². The van der Waals surface area contributed by atoms with E-state index in [4.69, 9.17) is 33.3 Å². The van der Waals surface area contributed by atoms with E-state index in [2.05, 4.69) is 59.2 Å². The quantitative estimate of drug-likeness (QED) is 0.0801. The third-order valence-corrected chi connectivity index (χ3v) is 10.5. The number of phenols is 2. The molecule has 4 atom stereocenters. The molecule has 0 aliphatic heterocycles. The second-order valence-corrected chi connectivity index (χ2v) is 14.8. The summed E-state index contributed by atoms with van der Waals surface area (Å²) in [5, 5.41) is 45.7. The van der Waals surface area contributed by atoms with E-state index in [0.29, 0.717) is 64.4 Å². The monoisotopic (exact) mass is 794 g/mol. The summed E-state index contributed by atoms with van der Waals surface area (Å²) >= 11 is 0. The number of benzene rings is 4. The lowest BCUT2D eigenvalue weighted by Crippen LogP contribution is -2.42. The van der Waals surface area contributed by atoms with Gasteiger partial charge in [-0.25, -0.2) is 0 Å². The molecule has 8 rings (SSSR count). The van der Waals surface area contributed by atoms with Gasteiger partial charge in [0.1, 0.15) is 28.4 Å². The van der Waals surface area contributed by atoms with Crippen molar-refractivity contribution in [2.75, 3.05) is 40.5 Å². The van der Waals surface area contributed by atoms with E-state index in [1.807, 2.05) is 0 Å². The fourth-order valence-electron chi connectivity index (χ4n) is 7.54. The lowest BCUT2D eigenvalue weighted by Gasteiger charge is -2.27. The average Bonchev–Trinajstić information content (AvgIpc) is 3.72. The van der Waals surface area contributed by atoms with Gasteiger partial charge in [0, 0.05) is 31.2 Å². The molecule has 12 heteroatoms. The zero-order chi connectivity index (χ0) is 41.0. The van der Waals surface area contributed by atoms with E-state index in [0.717, 1.165) is 38.5 Å². The van der Waals surface area contributed by atoms with Crippen LogP contribution in [0.2, 0.25) is 0 Å². The summed E-state index contributed by atoms with van der Waals surface area (Å²) in [4.78, 5) is 12.2. The number of aliphatic hydroxyl groups excluding tert-OH is 2. The first-order valence-corrected chi connectivity index (χ1v) is 19.7. The van der Waals surface area contributed by atoms with Gasteiger partial charge in [0.05, 0.1) is 51.3 Å². The van der Waals surface area contributed by atoms with Crippen molar-refractivity contribution >= 4 is 21.9 Å². The minimum atomic E-state index is -0.563. The van der Waals surface area contributed by atoms with Gasteiger partial charge in [0.15, 0.2) is 16.6 Å². The van der Waals surface area contributed by atoms with Crippen LogP contribution in [0.1, 0.15) is 40.9 Å². The molecule has 2 aromatic heterocycles. The third kappa shape index (κ3) is 11.0. The first kappa shape index (κ1) is 42.2. The summed E-state index contributed by atoms with van der Waals surface area (Å²) in [7, 11) is 3.01. The number of methoxy groups -OCH3 is 2. The lowest BCUT2D eigenvalue weighted by molar-refractivity contribution is -0.00784. The number of hydrogen-bond donors (Lipinski definition) is 6. The highest BCUT2D eigenvalue weighted by Gasteiger charge is 2.23. The van der Waals surface area contributed by atoms with Gasteiger partial charge in [-0.15, -0.1) is 0 Å². The van der Waals surface area contributed by atoms with Crippen LogP contribution in [-0.4, -0.2) is 85.2 Å². The Bertz CT molecular complexity index is 2200. The Morgan fingerprint density at radius 2 is 1.21 bits per heavy atom. The second-order valence-electron chi connectivity index (χ2n) is 14.8. The fraction of sp³-hybridized carbons (Fsp3) is 0.370. The molecule has 58 heavy (non-hydrogen) atoms. The van der Waals surface area contributed by atoms with Crippen LogP contribution in [0.4, 0.5) is 0 Å². The lowest BCUT2D eigenvalue weighted by atomic mass is 9.88. The number of ether oxygens (including phenoxy) is 3. The largest absolute Gasteiger partial charge is 0.508 e. The molecule has 0 spiro atoms. The normalized spacial score (nSPS) is 16.8. The van der Waals surface area contributed by atoms with Crippen molar-refractivity contribution in [1.29, 1.82) is 0 Å². The van der Waals surface area contributed by atoms with Crippen molar-refractivity contribution in [2.24, 2.45) is 0 Å². The number of fused-ring (bicyclic) bond motifs is 4. The van der Waals surface area contributed by atoms with Crippen molar-refractivity contribution in [2.45, 2.75) is 69.7 Å². The van der Waals surface area contributed by atoms with Gasteiger partial charge in [-0.05, 0) is 98.0 Å². The molecule has 308 valence electrons. The van der Waals surface area contributed by atoms with Crippen molar-refractivity contribution < 1.29 is 43.5 Å². The topological polar surface area (TPSA) is 176 Å². The summed E-state index contributed by atoms with van der Waals surface area (Å²) in [5.74, 6) is 1.68. The van der Waals surface area contributed by atoms with Gasteiger partial charge in [-0.3, -0.25) is 4.79 Å². The number of hydrogen-bond acceptors (Lipinski definition) is 12. The first-order chi connectivity index (χ1) is 28.1. The first-order valence-electron chi connectivity index (χ1n) is 19.7.